The molecule has 1 fully saturated rings. The van der Waals surface area contributed by atoms with Crippen molar-refractivity contribution in [2.24, 2.45) is 5.92 Å². The minimum absolute atomic E-state index is 0.621. The summed E-state index contributed by atoms with van der Waals surface area (Å²) in [5.74, 6) is 1.84. The molecule has 2 rings (SSSR count). The van der Waals surface area contributed by atoms with E-state index in [-0.39, 0.29) is 0 Å². The van der Waals surface area contributed by atoms with Gasteiger partial charge in [-0.2, -0.15) is 0 Å². The van der Waals surface area contributed by atoms with E-state index in [0.717, 1.165) is 18.2 Å². The van der Waals surface area contributed by atoms with E-state index in [1.54, 1.807) is 7.11 Å². The molecule has 0 aliphatic heterocycles. The maximum absolute atomic E-state index is 5.31. The van der Waals surface area contributed by atoms with E-state index in [9.17, 15) is 0 Å². The fraction of sp³-hybridized carbons (Fsp3) is 0.667. The van der Waals surface area contributed by atoms with Crippen LogP contribution in [0.1, 0.15) is 56.6 Å². The molecular formula is C18H29NO. The molecule has 0 heterocycles. The lowest BCUT2D eigenvalue weighted by atomic mass is 9.93. The minimum atomic E-state index is 0.621. The van der Waals surface area contributed by atoms with Crippen LogP contribution in [0.15, 0.2) is 18.2 Å². The van der Waals surface area contributed by atoms with Crippen LogP contribution < -0.4 is 10.1 Å². The summed E-state index contributed by atoms with van der Waals surface area (Å²) in [4.78, 5) is 0. The molecule has 1 aromatic carbocycles. The smallest absolute Gasteiger partial charge is 0.121 e. The van der Waals surface area contributed by atoms with Crippen molar-refractivity contribution in [3.63, 3.8) is 0 Å². The predicted octanol–water partition coefficient (Wildman–Crippen LogP) is 4.45. The van der Waals surface area contributed by atoms with Crippen LogP contribution in [0.4, 0.5) is 0 Å². The first-order valence-corrected chi connectivity index (χ1v) is 8.07. The molecule has 0 unspecified atom stereocenters. The zero-order valence-corrected chi connectivity index (χ0v) is 13.2. The number of ether oxygens (including phenoxy) is 1. The Hall–Kier alpha value is -1.02. The number of methoxy groups -OCH3 is 1. The summed E-state index contributed by atoms with van der Waals surface area (Å²) in [5, 5.41) is 3.72. The zero-order chi connectivity index (χ0) is 14.4. The largest absolute Gasteiger partial charge is 0.496 e. The molecule has 2 nitrogen and oxygen atoms in total. The second-order valence-corrected chi connectivity index (χ2v) is 6.23. The number of nitrogens with one attached hydrogen (secondary N) is 1. The highest BCUT2D eigenvalue weighted by molar-refractivity contribution is 5.36. The first-order valence-electron chi connectivity index (χ1n) is 8.07. The molecule has 1 aliphatic rings. The van der Waals surface area contributed by atoms with E-state index in [1.165, 1.54) is 49.7 Å². The molecule has 2 heteroatoms. The molecule has 0 radical (unpaired) electrons. The third-order valence-corrected chi connectivity index (χ3v) is 4.69. The maximum Gasteiger partial charge on any atom is 0.121 e. The van der Waals surface area contributed by atoms with Gasteiger partial charge in [0.15, 0.2) is 0 Å². The van der Waals surface area contributed by atoms with Crippen LogP contribution in [0.5, 0.6) is 5.75 Å². The second kappa shape index (κ2) is 7.68. The highest BCUT2D eigenvalue weighted by atomic mass is 16.5. The SMILES string of the molecule is COc1ccc(CN[C@H](C)C2CCCCCC2)cc1C. The van der Waals surface area contributed by atoms with Crippen molar-refractivity contribution in [3.8, 4) is 5.75 Å². The van der Waals surface area contributed by atoms with Crippen LogP contribution in [0.3, 0.4) is 0 Å². The lowest BCUT2D eigenvalue weighted by molar-refractivity contribution is 0.336. The van der Waals surface area contributed by atoms with Gasteiger partial charge in [0, 0.05) is 12.6 Å². The molecule has 0 bridgehead atoms. The van der Waals surface area contributed by atoms with Crippen LogP contribution in [0.25, 0.3) is 0 Å². The van der Waals surface area contributed by atoms with Gasteiger partial charge in [-0.3, -0.25) is 0 Å². The molecule has 0 spiro atoms. The van der Waals surface area contributed by atoms with Crippen molar-refractivity contribution in [2.75, 3.05) is 7.11 Å². The third kappa shape index (κ3) is 4.24. The van der Waals surface area contributed by atoms with Gasteiger partial charge >= 0.3 is 0 Å². The Kier molecular flexibility index (Phi) is 5.90. The number of benzene rings is 1. The van der Waals surface area contributed by atoms with E-state index in [1.807, 2.05) is 0 Å². The van der Waals surface area contributed by atoms with Gasteiger partial charge in [-0.1, -0.05) is 37.8 Å². The number of aryl methyl sites for hydroxylation is 1. The molecule has 0 aromatic heterocycles. The van der Waals surface area contributed by atoms with Crippen LogP contribution in [-0.2, 0) is 6.54 Å². The number of hydrogen-bond acceptors (Lipinski definition) is 2. The van der Waals surface area contributed by atoms with Crippen molar-refractivity contribution in [1.29, 1.82) is 0 Å². The average molecular weight is 275 g/mol. The van der Waals surface area contributed by atoms with E-state index in [4.69, 9.17) is 4.74 Å². The zero-order valence-electron chi connectivity index (χ0n) is 13.2. The van der Waals surface area contributed by atoms with E-state index in [0.29, 0.717) is 6.04 Å². The molecule has 1 aliphatic carbocycles. The summed E-state index contributed by atoms with van der Waals surface area (Å²) in [5.41, 5.74) is 2.57. The number of hydrogen-bond donors (Lipinski definition) is 1. The Labute approximate surface area is 123 Å². The van der Waals surface area contributed by atoms with E-state index < -0.39 is 0 Å². The fourth-order valence-corrected chi connectivity index (χ4v) is 3.31. The van der Waals surface area contributed by atoms with Crippen LogP contribution in [-0.4, -0.2) is 13.2 Å². The Bertz CT molecular complexity index is 408. The van der Waals surface area contributed by atoms with Crippen LogP contribution in [0.2, 0.25) is 0 Å². The molecule has 1 saturated carbocycles. The molecule has 1 aromatic rings. The Morgan fingerprint density at radius 3 is 2.50 bits per heavy atom. The molecular weight excluding hydrogens is 246 g/mol. The lowest BCUT2D eigenvalue weighted by Gasteiger charge is -2.24. The van der Waals surface area contributed by atoms with Crippen molar-refractivity contribution >= 4 is 0 Å². The Morgan fingerprint density at radius 2 is 1.90 bits per heavy atom. The molecule has 112 valence electrons. The second-order valence-electron chi connectivity index (χ2n) is 6.23. The summed E-state index contributed by atoms with van der Waals surface area (Å²) in [6.45, 7) is 5.42. The Morgan fingerprint density at radius 1 is 1.20 bits per heavy atom. The van der Waals surface area contributed by atoms with Gasteiger partial charge in [0.2, 0.25) is 0 Å². The molecule has 20 heavy (non-hydrogen) atoms. The summed E-state index contributed by atoms with van der Waals surface area (Å²) in [7, 11) is 1.73. The topological polar surface area (TPSA) is 21.3 Å². The van der Waals surface area contributed by atoms with E-state index >= 15 is 0 Å². The van der Waals surface area contributed by atoms with Gasteiger partial charge in [-0.25, -0.2) is 0 Å². The van der Waals surface area contributed by atoms with Crippen LogP contribution >= 0.6 is 0 Å². The van der Waals surface area contributed by atoms with Gasteiger partial charge in [0.25, 0.3) is 0 Å². The quantitative estimate of drug-likeness (QED) is 0.801. The van der Waals surface area contributed by atoms with Gasteiger partial charge in [0.05, 0.1) is 7.11 Å². The van der Waals surface area contributed by atoms with Crippen molar-refractivity contribution < 1.29 is 4.74 Å². The normalized spacial score (nSPS) is 18.6. The minimum Gasteiger partial charge on any atom is -0.496 e. The van der Waals surface area contributed by atoms with Crippen molar-refractivity contribution in [1.82, 2.24) is 5.32 Å². The number of rotatable bonds is 5. The average Bonchev–Trinajstić information content (AvgIpc) is 2.74. The fourth-order valence-electron chi connectivity index (χ4n) is 3.31. The molecule has 1 atom stereocenters. The Balaban J connectivity index is 1.85. The standard InChI is InChI=1S/C18H29NO/c1-14-12-16(10-11-18(14)20-3)13-19-15(2)17-8-6-4-5-7-9-17/h10-12,15,17,19H,4-9,13H2,1-3H3/t15-/m1/s1. The summed E-state index contributed by atoms with van der Waals surface area (Å²) < 4.78 is 5.31. The van der Waals surface area contributed by atoms with Crippen molar-refractivity contribution in [2.45, 2.75) is 65.0 Å². The maximum atomic E-state index is 5.31. The van der Waals surface area contributed by atoms with E-state index in [2.05, 4.69) is 37.4 Å². The monoisotopic (exact) mass is 275 g/mol. The molecule has 0 saturated heterocycles. The van der Waals surface area contributed by atoms with Gasteiger partial charge in [0.1, 0.15) is 5.75 Å². The van der Waals surface area contributed by atoms with Gasteiger partial charge in [-0.05, 0) is 49.8 Å². The molecule has 0 amide bonds. The first-order chi connectivity index (χ1) is 9.70. The third-order valence-electron chi connectivity index (χ3n) is 4.69. The lowest BCUT2D eigenvalue weighted by Crippen LogP contribution is -2.32. The predicted molar refractivity (Wildman–Crippen MR) is 85.2 cm³/mol. The van der Waals surface area contributed by atoms with Gasteiger partial charge < -0.3 is 10.1 Å². The highest BCUT2D eigenvalue weighted by Gasteiger charge is 2.18. The highest BCUT2D eigenvalue weighted by Crippen LogP contribution is 2.26. The van der Waals surface area contributed by atoms with Gasteiger partial charge in [-0.15, -0.1) is 0 Å². The van der Waals surface area contributed by atoms with Crippen LogP contribution in [0, 0.1) is 12.8 Å². The molecule has 1 N–H and O–H groups in total. The summed E-state index contributed by atoms with van der Waals surface area (Å²) in [6.07, 6.45) is 8.49. The summed E-state index contributed by atoms with van der Waals surface area (Å²) >= 11 is 0. The summed E-state index contributed by atoms with van der Waals surface area (Å²) in [6, 6.07) is 7.09. The first kappa shape index (κ1) is 15.4. The van der Waals surface area contributed by atoms with Crippen molar-refractivity contribution in [3.05, 3.63) is 29.3 Å².